The van der Waals surface area contributed by atoms with Gasteiger partial charge in [-0.2, -0.15) is 0 Å². The summed E-state index contributed by atoms with van der Waals surface area (Å²) in [5.41, 5.74) is 9.57. The van der Waals surface area contributed by atoms with Crippen molar-refractivity contribution in [2.45, 2.75) is 91.3 Å². The van der Waals surface area contributed by atoms with Crippen LogP contribution in [-0.4, -0.2) is 77.2 Å². The van der Waals surface area contributed by atoms with E-state index in [4.69, 9.17) is 21.1 Å². The number of thiazole rings is 1. The van der Waals surface area contributed by atoms with Gasteiger partial charge in [-0.3, -0.25) is 9.88 Å². The second-order valence-electron chi connectivity index (χ2n) is 15.0. The first-order valence-corrected chi connectivity index (χ1v) is 19.5. The lowest BCUT2D eigenvalue weighted by atomic mass is 9.80. The van der Waals surface area contributed by atoms with Crippen LogP contribution in [0.2, 0.25) is 0 Å². The predicted molar refractivity (Wildman–Crippen MR) is 211 cm³/mol. The lowest BCUT2D eigenvalue weighted by molar-refractivity contribution is -0.109. The molecule has 0 radical (unpaired) electrons. The van der Waals surface area contributed by atoms with Crippen molar-refractivity contribution in [1.29, 1.82) is 0 Å². The molecule has 2 saturated heterocycles. The number of nitrogens with one attached hydrogen (secondary N) is 1. The van der Waals surface area contributed by atoms with E-state index in [-0.39, 0.29) is 5.41 Å². The summed E-state index contributed by atoms with van der Waals surface area (Å²) in [4.78, 5) is 26.9. The number of benzene rings is 1. The molecule has 1 aromatic carbocycles. The number of carbonyl (C=O) groups is 1. The van der Waals surface area contributed by atoms with Crippen molar-refractivity contribution in [1.82, 2.24) is 24.8 Å². The first-order valence-electron chi connectivity index (χ1n) is 18.6. The Labute approximate surface area is 308 Å². The van der Waals surface area contributed by atoms with Crippen molar-refractivity contribution in [3.63, 3.8) is 0 Å². The number of nitrogens with zero attached hydrogens (tertiary/aromatic N) is 5. The number of hydrogen-bond acceptors (Lipinski definition) is 8. The van der Waals surface area contributed by atoms with E-state index in [0.717, 1.165) is 94.2 Å². The van der Waals surface area contributed by atoms with E-state index in [2.05, 4.69) is 103 Å². The number of carbonyl (C=O) groups excluding carboxylic acids is 1. The molecule has 2 aliphatic heterocycles. The van der Waals surface area contributed by atoms with Crippen molar-refractivity contribution >= 4 is 34.2 Å². The fourth-order valence-electron chi connectivity index (χ4n) is 7.62. The van der Waals surface area contributed by atoms with E-state index in [1.165, 1.54) is 39.1 Å². The van der Waals surface area contributed by atoms with Gasteiger partial charge in [-0.25, -0.2) is 4.98 Å². The maximum absolute atomic E-state index is 11.6. The number of pyridine rings is 1. The van der Waals surface area contributed by atoms with Crippen molar-refractivity contribution < 1.29 is 9.53 Å². The molecule has 2 aliphatic rings. The zero-order chi connectivity index (χ0) is 36.1. The molecular weight excluding hydrogens is 653 g/mol. The third kappa shape index (κ3) is 7.94. The lowest BCUT2D eigenvalue weighted by Gasteiger charge is -2.43. The Balaban J connectivity index is 1.47. The van der Waals surface area contributed by atoms with E-state index < -0.39 is 6.04 Å². The third-order valence-corrected chi connectivity index (χ3v) is 11.8. The first kappa shape index (κ1) is 36.8. The molecule has 2 atom stereocenters. The minimum absolute atomic E-state index is 0.0522. The molecule has 9 heteroatoms. The number of fused-ring (bicyclic) bond motifs is 1. The minimum Gasteiger partial charge on any atom is -0.378 e. The van der Waals surface area contributed by atoms with Gasteiger partial charge < -0.3 is 24.3 Å². The first-order chi connectivity index (χ1) is 24.7. The van der Waals surface area contributed by atoms with Crippen LogP contribution in [0.5, 0.6) is 0 Å². The SMILES string of the molecule is C#CNC(C=O)Cc1nc(-c2ccc3c(c2)c(CC(C)(C)CCC=C)c(-c2cc(N4CCN(C5COC5)CC4)cnc2C(C)CC)n3CC)cs1. The zero-order valence-corrected chi connectivity index (χ0v) is 31.9. The topological polar surface area (TPSA) is 75.5 Å². The van der Waals surface area contributed by atoms with Crippen LogP contribution in [-0.2, 0) is 28.9 Å². The summed E-state index contributed by atoms with van der Waals surface area (Å²) in [5.74, 6) is 0.317. The maximum atomic E-state index is 11.6. The van der Waals surface area contributed by atoms with E-state index >= 15 is 0 Å². The molecule has 0 spiro atoms. The molecule has 5 heterocycles. The van der Waals surface area contributed by atoms with Gasteiger partial charge in [0.25, 0.3) is 0 Å². The number of piperazine rings is 1. The Bertz CT molecular complexity index is 1870. The van der Waals surface area contributed by atoms with Crippen molar-refractivity contribution in [2.75, 3.05) is 44.3 Å². The summed E-state index contributed by atoms with van der Waals surface area (Å²) >= 11 is 1.57. The second kappa shape index (κ2) is 16.1. The summed E-state index contributed by atoms with van der Waals surface area (Å²) in [6.07, 6.45) is 14.9. The fourth-order valence-corrected chi connectivity index (χ4v) is 8.48. The van der Waals surface area contributed by atoms with Gasteiger partial charge in [0, 0.05) is 72.6 Å². The van der Waals surface area contributed by atoms with Gasteiger partial charge in [0.1, 0.15) is 6.29 Å². The molecule has 270 valence electrons. The number of anilines is 1. The Morgan fingerprint density at radius 3 is 2.63 bits per heavy atom. The normalized spacial score (nSPS) is 16.8. The highest BCUT2D eigenvalue weighted by molar-refractivity contribution is 7.10. The molecule has 3 aromatic heterocycles. The van der Waals surface area contributed by atoms with Gasteiger partial charge in [-0.05, 0) is 67.7 Å². The highest BCUT2D eigenvalue weighted by Gasteiger charge is 2.31. The Morgan fingerprint density at radius 2 is 1.98 bits per heavy atom. The van der Waals surface area contributed by atoms with Crippen LogP contribution < -0.4 is 10.2 Å². The van der Waals surface area contributed by atoms with E-state index in [1.807, 2.05) is 6.08 Å². The minimum atomic E-state index is -0.452. The Hall–Kier alpha value is -3.97. The number of aromatic nitrogens is 3. The summed E-state index contributed by atoms with van der Waals surface area (Å²) in [7, 11) is 0. The fraction of sp³-hybridized carbons (Fsp3) is 0.500. The van der Waals surface area contributed by atoms with Crippen LogP contribution in [0, 0.1) is 17.9 Å². The Kier molecular flexibility index (Phi) is 11.7. The average Bonchev–Trinajstić information content (AvgIpc) is 3.71. The van der Waals surface area contributed by atoms with E-state index in [9.17, 15) is 4.79 Å². The molecule has 6 rings (SSSR count). The van der Waals surface area contributed by atoms with Crippen LogP contribution in [0.1, 0.15) is 76.1 Å². The average molecular weight is 707 g/mol. The van der Waals surface area contributed by atoms with Gasteiger partial charge in [0.05, 0.1) is 59.3 Å². The van der Waals surface area contributed by atoms with Crippen LogP contribution in [0.15, 0.2) is 48.5 Å². The van der Waals surface area contributed by atoms with Crippen LogP contribution >= 0.6 is 11.3 Å². The highest BCUT2D eigenvalue weighted by Crippen LogP contribution is 2.44. The molecule has 2 unspecified atom stereocenters. The monoisotopic (exact) mass is 706 g/mol. The number of terminal acetylenes is 1. The zero-order valence-electron chi connectivity index (χ0n) is 31.1. The molecular formula is C42H54N6O2S. The van der Waals surface area contributed by atoms with Crippen molar-refractivity contribution in [2.24, 2.45) is 5.41 Å². The number of ether oxygens (including phenoxy) is 1. The molecule has 51 heavy (non-hydrogen) atoms. The Morgan fingerprint density at radius 1 is 1.20 bits per heavy atom. The molecule has 0 bridgehead atoms. The molecule has 2 fully saturated rings. The molecule has 8 nitrogen and oxygen atoms in total. The third-order valence-electron chi connectivity index (χ3n) is 10.9. The van der Waals surface area contributed by atoms with E-state index in [1.54, 1.807) is 11.3 Å². The molecule has 0 amide bonds. The van der Waals surface area contributed by atoms with Crippen LogP contribution in [0.25, 0.3) is 33.4 Å². The van der Waals surface area contributed by atoms with Gasteiger partial charge in [0.15, 0.2) is 0 Å². The maximum Gasteiger partial charge on any atom is 0.143 e. The number of hydrogen-bond donors (Lipinski definition) is 1. The van der Waals surface area contributed by atoms with Gasteiger partial charge in [0.2, 0.25) is 0 Å². The summed E-state index contributed by atoms with van der Waals surface area (Å²) in [5, 5.41) is 7.02. The summed E-state index contributed by atoms with van der Waals surface area (Å²) in [6, 6.07) is 11.7. The van der Waals surface area contributed by atoms with Gasteiger partial charge in [-0.1, -0.05) is 46.3 Å². The number of allylic oxidation sites excluding steroid dienone is 1. The highest BCUT2D eigenvalue weighted by atomic mass is 32.1. The van der Waals surface area contributed by atoms with Crippen molar-refractivity contribution in [3.05, 3.63) is 64.8 Å². The van der Waals surface area contributed by atoms with Gasteiger partial charge in [-0.15, -0.1) is 17.9 Å². The largest absolute Gasteiger partial charge is 0.378 e. The van der Waals surface area contributed by atoms with Crippen LogP contribution in [0.4, 0.5) is 5.69 Å². The molecule has 0 aliphatic carbocycles. The molecule has 0 saturated carbocycles. The summed E-state index contributed by atoms with van der Waals surface area (Å²) < 4.78 is 8.01. The number of aryl methyl sites for hydroxylation is 1. The number of aldehydes is 1. The molecule has 4 aromatic rings. The second-order valence-corrected chi connectivity index (χ2v) is 15.9. The summed E-state index contributed by atoms with van der Waals surface area (Å²) in [6.45, 7) is 22.3. The smallest absolute Gasteiger partial charge is 0.143 e. The lowest BCUT2D eigenvalue weighted by Crippen LogP contribution is -2.56. The quantitative estimate of drug-likeness (QED) is 0.0554. The van der Waals surface area contributed by atoms with Gasteiger partial charge >= 0.3 is 0 Å². The van der Waals surface area contributed by atoms with Crippen LogP contribution in [0.3, 0.4) is 0 Å². The number of rotatable bonds is 16. The standard InChI is InChI=1S/C42H54N6O2S/c1-8-12-15-42(6,7)23-36-34-20-30(37-28-51-39(45-37)21-31(25-49)43-10-3)13-14-38(34)48(11-4)41(36)35-22-32(24-44-40(35)29(5)9-2)46-16-18-47(19-17-46)33-26-50-27-33/h3,8,13-14,20,22,24-25,28-29,31,33,43H,1,9,11-12,15-19,21,23,26-27H2,2,4-7H3. The molecule has 1 N–H and O–H groups in total. The van der Waals surface area contributed by atoms with E-state index in [0.29, 0.717) is 18.4 Å². The van der Waals surface area contributed by atoms with Crippen molar-refractivity contribution in [3.8, 4) is 35.0 Å². The predicted octanol–water partition coefficient (Wildman–Crippen LogP) is 7.71.